The summed E-state index contributed by atoms with van der Waals surface area (Å²) < 4.78 is 30.0. The lowest BCUT2D eigenvalue weighted by atomic mass is 10.4. The van der Waals surface area contributed by atoms with E-state index in [1.54, 1.807) is 6.92 Å². The number of nitrogens with zero attached hydrogens (tertiary/aromatic N) is 2. The molecule has 0 aliphatic heterocycles. The number of hydrogen-bond donors (Lipinski definition) is 1. The smallest absolute Gasteiger partial charge is 0.267 e. The van der Waals surface area contributed by atoms with Gasteiger partial charge in [0.05, 0.1) is 9.77 Å². The molecule has 0 atom stereocenters. The lowest BCUT2D eigenvalue weighted by molar-refractivity contribution is 0.102. The first kappa shape index (κ1) is 14.7. The summed E-state index contributed by atoms with van der Waals surface area (Å²) in [7, 11) is -2.05. The molecule has 0 saturated carbocycles. The molecule has 0 saturated heterocycles. The number of sulfonamides is 1. The van der Waals surface area contributed by atoms with Crippen molar-refractivity contribution >= 4 is 33.1 Å². The van der Waals surface area contributed by atoms with Gasteiger partial charge >= 0.3 is 0 Å². The number of carbonyl (C=O) groups is 1. The van der Waals surface area contributed by atoms with Crippen molar-refractivity contribution in [3.63, 3.8) is 0 Å². The van der Waals surface area contributed by atoms with Crippen molar-refractivity contribution in [2.75, 3.05) is 18.9 Å². The van der Waals surface area contributed by atoms with Crippen molar-refractivity contribution in [2.45, 2.75) is 11.8 Å². The molecule has 0 aromatic carbocycles. The van der Waals surface area contributed by atoms with Gasteiger partial charge in [0, 0.05) is 25.0 Å². The van der Waals surface area contributed by atoms with Crippen LogP contribution in [0.25, 0.3) is 0 Å². The van der Waals surface area contributed by atoms with Crippen molar-refractivity contribution in [2.24, 2.45) is 0 Å². The Balaban J connectivity index is 2.19. The molecule has 0 spiro atoms. The van der Waals surface area contributed by atoms with Crippen molar-refractivity contribution in [1.82, 2.24) is 9.46 Å². The summed E-state index contributed by atoms with van der Waals surface area (Å²) in [6.45, 7) is 2.10. The molecule has 20 heavy (non-hydrogen) atoms. The lowest BCUT2D eigenvalue weighted by Gasteiger charge is -2.12. The van der Waals surface area contributed by atoms with Gasteiger partial charge in [-0.05, 0) is 6.07 Å². The van der Waals surface area contributed by atoms with Crippen LogP contribution in [-0.2, 0) is 10.0 Å². The Hall–Kier alpha value is -1.71. The zero-order valence-corrected chi connectivity index (χ0v) is 12.5. The zero-order valence-electron chi connectivity index (χ0n) is 10.9. The van der Waals surface area contributed by atoms with Gasteiger partial charge in [-0.2, -0.15) is 0 Å². The second-order valence-corrected chi connectivity index (χ2v) is 6.86. The molecular weight excluding hydrogens is 302 g/mol. The summed E-state index contributed by atoms with van der Waals surface area (Å²) in [4.78, 5) is 12.3. The van der Waals surface area contributed by atoms with Crippen LogP contribution in [0.2, 0.25) is 0 Å². The van der Waals surface area contributed by atoms with Gasteiger partial charge in [-0.25, -0.2) is 12.7 Å². The fourth-order valence-corrected chi connectivity index (χ4v) is 3.71. The van der Waals surface area contributed by atoms with Crippen LogP contribution < -0.4 is 5.32 Å². The largest absolute Gasteiger partial charge is 0.363 e. The number of thiophene rings is 1. The van der Waals surface area contributed by atoms with Crippen molar-refractivity contribution < 1.29 is 17.7 Å². The SMILES string of the molecule is CCN(C)S(=O)(=O)c1csc(C(=O)Nc2ccon2)c1. The predicted octanol–water partition coefficient (Wildman–Crippen LogP) is 1.63. The van der Waals surface area contributed by atoms with E-state index in [0.29, 0.717) is 6.54 Å². The summed E-state index contributed by atoms with van der Waals surface area (Å²) >= 11 is 1.06. The first-order chi connectivity index (χ1) is 9.45. The highest BCUT2D eigenvalue weighted by molar-refractivity contribution is 7.89. The fourth-order valence-electron chi connectivity index (χ4n) is 1.38. The Morgan fingerprint density at radius 1 is 1.55 bits per heavy atom. The normalized spacial score (nSPS) is 11.8. The third-order valence-electron chi connectivity index (χ3n) is 2.63. The third kappa shape index (κ3) is 2.89. The first-order valence-electron chi connectivity index (χ1n) is 5.71. The fraction of sp³-hybridized carbons (Fsp3) is 0.273. The second-order valence-electron chi connectivity index (χ2n) is 3.90. The third-order valence-corrected chi connectivity index (χ3v) is 5.62. The molecule has 1 N–H and O–H groups in total. The average Bonchev–Trinajstić information content (AvgIpc) is 3.08. The maximum atomic E-state index is 12.1. The van der Waals surface area contributed by atoms with Crippen LogP contribution in [0.1, 0.15) is 16.6 Å². The molecule has 0 bridgehead atoms. The molecule has 2 aromatic rings. The Morgan fingerprint density at radius 2 is 2.30 bits per heavy atom. The average molecular weight is 315 g/mol. The maximum Gasteiger partial charge on any atom is 0.267 e. The van der Waals surface area contributed by atoms with Crippen LogP contribution in [0.3, 0.4) is 0 Å². The molecule has 0 aliphatic carbocycles. The number of nitrogens with one attached hydrogen (secondary N) is 1. The summed E-state index contributed by atoms with van der Waals surface area (Å²) in [6.07, 6.45) is 1.33. The van der Waals surface area contributed by atoms with Gasteiger partial charge in [0.15, 0.2) is 5.82 Å². The Bertz CT molecular complexity index is 691. The molecule has 9 heteroatoms. The highest BCUT2D eigenvalue weighted by Gasteiger charge is 2.22. The highest BCUT2D eigenvalue weighted by Crippen LogP contribution is 2.22. The van der Waals surface area contributed by atoms with Crippen LogP contribution >= 0.6 is 11.3 Å². The molecule has 2 aromatic heterocycles. The van der Waals surface area contributed by atoms with E-state index >= 15 is 0 Å². The maximum absolute atomic E-state index is 12.1. The summed E-state index contributed by atoms with van der Waals surface area (Å²) in [5, 5.41) is 7.50. The van der Waals surface area contributed by atoms with Gasteiger partial charge in [-0.15, -0.1) is 11.3 Å². The molecule has 108 valence electrons. The molecule has 0 aliphatic rings. The van der Waals surface area contributed by atoms with E-state index in [-0.39, 0.29) is 15.6 Å². The number of hydrogen-bond acceptors (Lipinski definition) is 6. The Labute approximate surface area is 120 Å². The van der Waals surface area contributed by atoms with E-state index in [9.17, 15) is 13.2 Å². The van der Waals surface area contributed by atoms with E-state index in [4.69, 9.17) is 0 Å². The molecule has 7 nitrogen and oxygen atoms in total. The number of aromatic nitrogens is 1. The van der Waals surface area contributed by atoms with Crippen LogP contribution in [0.4, 0.5) is 5.82 Å². The summed E-state index contributed by atoms with van der Waals surface area (Å²) in [6, 6.07) is 2.84. The molecule has 1 amide bonds. The Kier molecular flexibility index (Phi) is 4.21. The van der Waals surface area contributed by atoms with E-state index < -0.39 is 15.9 Å². The van der Waals surface area contributed by atoms with E-state index in [1.165, 1.54) is 35.1 Å². The van der Waals surface area contributed by atoms with Gasteiger partial charge in [-0.3, -0.25) is 4.79 Å². The van der Waals surface area contributed by atoms with Gasteiger partial charge in [-0.1, -0.05) is 12.1 Å². The van der Waals surface area contributed by atoms with Crippen LogP contribution in [0.5, 0.6) is 0 Å². The van der Waals surface area contributed by atoms with Crippen LogP contribution in [-0.4, -0.2) is 37.4 Å². The topological polar surface area (TPSA) is 92.5 Å². The molecule has 2 rings (SSSR count). The highest BCUT2D eigenvalue weighted by atomic mass is 32.2. The summed E-state index contributed by atoms with van der Waals surface area (Å²) in [5.41, 5.74) is 0. The minimum absolute atomic E-state index is 0.108. The monoisotopic (exact) mass is 315 g/mol. The van der Waals surface area contributed by atoms with E-state index in [2.05, 4.69) is 15.0 Å². The molecule has 0 fully saturated rings. The zero-order chi connectivity index (χ0) is 14.8. The van der Waals surface area contributed by atoms with Gasteiger partial charge in [0.1, 0.15) is 6.26 Å². The van der Waals surface area contributed by atoms with Gasteiger partial charge < -0.3 is 9.84 Å². The lowest BCUT2D eigenvalue weighted by Crippen LogP contribution is -2.26. The molecular formula is C11H13N3O4S2. The Morgan fingerprint density at radius 3 is 2.90 bits per heavy atom. The number of carbonyl (C=O) groups excluding carboxylic acids is 1. The predicted molar refractivity (Wildman–Crippen MR) is 74.3 cm³/mol. The van der Waals surface area contributed by atoms with E-state index in [0.717, 1.165) is 11.3 Å². The molecule has 0 radical (unpaired) electrons. The van der Waals surface area contributed by atoms with Crippen molar-refractivity contribution in [1.29, 1.82) is 0 Å². The molecule has 2 heterocycles. The quantitative estimate of drug-likeness (QED) is 0.905. The minimum Gasteiger partial charge on any atom is -0.363 e. The first-order valence-corrected chi connectivity index (χ1v) is 8.03. The van der Waals surface area contributed by atoms with Crippen LogP contribution in [0.15, 0.2) is 33.2 Å². The standard InChI is InChI=1S/C11H13N3O4S2/c1-3-14(2)20(16,17)8-6-9(19-7-8)11(15)12-10-4-5-18-13-10/h4-7H,3H2,1-2H3,(H,12,13,15). The summed E-state index contributed by atoms with van der Waals surface area (Å²) in [5.74, 6) is -0.150. The van der Waals surface area contributed by atoms with Crippen LogP contribution in [0, 0.1) is 0 Å². The van der Waals surface area contributed by atoms with Crippen molar-refractivity contribution in [3.05, 3.63) is 28.7 Å². The van der Waals surface area contributed by atoms with Gasteiger partial charge in [0.2, 0.25) is 10.0 Å². The second kappa shape index (κ2) is 5.73. The number of amides is 1. The number of rotatable bonds is 5. The minimum atomic E-state index is -3.53. The van der Waals surface area contributed by atoms with Gasteiger partial charge in [0.25, 0.3) is 5.91 Å². The number of anilines is 1. The molecule has 0 unspecified atom stereocenters. The van der Waals surface area contributed by atoms with E-state index in [1.807, 2.05) is 0 Å². The van der Waals surface area contributed by atoms with Crippen molar-refractivity contribution in [3.8, 4) is 0 Å².